The number of rotatable bonds is 10. The zero-order valence-corrected chi connectivity index (χ0v) is 57.8. The van der Waals surface area contributed by atoms with Gasteiger partial charge in [0.25, 0.3) is 0 Å². The lowest BCUT2D eigenvalue weighted by Gasteiger charge is -2.32. The first kappa shape index (κ1) is 70.3. The van der Waals surface area contributed by atoms with Crippen molar-refractivity contribution in [2.75, 3.05) is 22.5 Å². The molecule has 16 nitrogen and oxygen atoms in total. The summed E-state index contributed by atoms with van der Waals surface area (Å²) in [5, 5.41) is 12.3. The van der Waals surface area contributed by atoms with Crippen LogP contribution in [0.1, 0.15) is 85.0 Å². The maximum absolute atomic E-state index is 13.5. The van der Waals surface area contributed by atoms with E-state index in [-0.39, 0.29) is 30.6 Å². The maximum Gasteiger partial charge on any atom is 0.495 e. The summed E-state index contributed by atoms with van der Waals surface area (Å²) in [5.74, 6) is 0. The van der Waals surface area contributed by atoms with E-state index in [1.54, 1.807) is 66.6 Å². The molecule has 0 saturated carbocycles. The number of benzene rings is 5. The molecular formula is C62H64BBr2ClF6N10O6S4. The van der Waals surface area contributed by atoms with Crippen LogP contribution in [0.25, 0.3) is 33.6 Å². The maximum atomic E-state index is 13.5. The summed E-state index contributed by atoms with van der Waals surface area (Å²) in [4.78, 5) is 7.92. The third kappa shape index (κ3) is 16.0. The minimum atomic E-state index is -4.48. The highest BCUT2D eigenvalue weighted by Crippen LogP contribution is 2.42. The minimum absolute atomic E-state index is 0. The van der Waals surface area contributed by atoms with Gasteiger partial charge in [-0.3, -0.25) is 9.36 Å². The van der Waals surface area contributed by atoms with Crippen molar-refractivity contribution in [2.24, 2.45) is 14.1 Å². The topological polar surface area (TPSA) is 179 Å². The second kappa shape index (κ2) is 28.5. The predicted octanol–water partition coefficient (Wildman–Crippen LogP) is 14.7. The monoisotopic (exact) mass is 1490 g/mol. The normalized spacial score (nSPS) is 16.2. The Morgan fingerprint density at radius 3 is 1.49 bits per heavy atom. The first-order valence-corrected chi connectivity index (χ1v) is 35.0. The van der Waals surface area contributed by atoms with Crippen LogP contribution >= 0.6 is 66.9 Å². The number of hydrogen-bond acceptors (Lipinski definition) is 12. The average molecular weight is 1490 g/mol. The van der Waals surface area contributed by atoms with E-state index < -0.39 is 62.2 Å². The smallest absolute Gasteiger partial charge is 0.399 e. The highest BCUT2D eigenvalue weighted by atomic mass is 79.9. The number of hydrogen-bond donors (Lipinski definition) is 2. The van der Waals surface area contributed by atoms with Crippen LogP contribution in [-0.2, 0) is 94.9 Å². The number of nitrogens with zero attached hydrogens (tertiary/aromatic N) is 8. The Morgan fingerprint density at radius 2 is 1.00 bits per heavy atom. The molecule has 9 aromatic rings. The highest BCUT2D eigenvalue weighted by Gasteiger charge is 2.52. The van der Waals surface area contributed by atoms with E-state index >= 15 is 0 Å². The van der Waals surface area contributed by atoms with Gasteiger partial charge in [0, 0.05) is 95.9 Å². The molecule has 3 aliphatic heterocycles. The molecule has 4 aromatic heterocycles. The van der Waals surface area contributed by atoms with Crippen molar-refractivity contribution in [3.8, 4) is 33.6 Å². The number of thiazole rings is 2. The lowest BCUT2D eigenvalue weighted by molar-refractivity contribution is -0.138. The van der Waals surface area contributed by atoms with Crippen LogP contribution < -0.4 is 14.9 Å². The standard InChI is InChI=1S/C23H20F3N5O2S2.C17H20BF3N2O2.C12H12BrN3O2S2.C10H11Br.ClH/c1-30-21(7-9-28-30)20-13-16(23(24,25)26)5-6-19(20)18-4-2-3-15-14-31(11-8-17(15)18)35(32,33)29-22-27-10-12-34-22;1-15(2)16(3,4)25-18(24-15)13-7-6-11(17(19,20)21)10-12(13)14-8-9-22-23(14)5;13-11-3-1-2-9-8-16(6-4-10(9)11)20(17,18)15-12-14-5-7-19-12;11-10-7-3-5-8-4-1-2-6-9(8)10;/h2-7,9-10,12-13H,8,11,14H2,1H3,(H,27,29);6-10H,1-5H3;1-3,5,7H,4,6,8H2,(H,14,15);3,5,7H,1-2,4,6H2;1H. The second-order valence-electron chi connectivity index (χ2n) is 22.8. The molecule has 0 atom stereocenters. The molecule has 30 heteroatoms. The molecule has 2 N–H and O–H groups in total. The molecule has 0 radical (unpaired) electrons. The zero-order valence-electron chi connectivity index (χ0n) is 50.5. The summed E-state index contributed by atoms with van der Waals surface area (Å²) in [5.41, 5.74) is 8.29. The van der Waals surface area contributed by atoms with Gasteiger partial charge in [-0.15, -0.1) is 35.1 Å². The molecule has 13 rings (SSSR count). The molecule has 5 aromatic carbocycles. The lowest BCUT2D eigenvalue weighted by Crippen LogP contribution is -2.41. The van der Waals surface area contributed by atoms with E-state index in [2.05, 4.69) is 79.7 Å². The van der Waals surface area contributed by atoms with Gasteiger partial charge in [-0.2, -0.15) is 62.0 Å². The molecule has 0 unspecified atom stereocenters. The summed E-state index contributed by atoms with van der Waals surface area (Å²) >= 11 is 9.55. The lowest BCUT2D eigenvalue weighted by atomic mass is 9.74. The minimum Gasteiger partial charge on any atom is -0.399 e. The molecule has 0 amide bonds. The Kier molecular flexibility index (Phi) is 21.8. The van der Waals surface area contributed by atoms with Crippen molar-refractivity contribution in [1.82, 2.24) is 38.1 Å². The van der Waals surface area contributed by atoms with Crippen LogP contribution in [0.5, 0.6) is 0 Å². The Hall–Kier alpha value is -5.99. The zero-order chi connectivity index (χ0) is 65.3. The van der Waals surface area contributed by atoms with E-state index in [4.69, 9.17) is 9.31 Å². The molecule has 0 bridgehead atoms. The van der Waals surface area contributed by atoms with Gasteiger partial charge in [-0.1, -0.05) is 92.5 Å². The Bertz CT molecular complexity index is 4280. The van der Waals surface area contributed by atoms with Crippen LogP contribution in [0.4, 0.5) is 36.6 Å². The summed E-state index contributed by atoms with van der Waals surface area (Å²) in [6, 6.07) is 28.5. The van der Waals surface area contributed by atoms with Crippen molar-refractivity contribution >= 4 is 110 Å². The van der Waals surface area contributed by atoms with E-state index in [9.17, 15) is 43.2 Å². The van der Waals surface area contributed by atoms with Crippen molar-refractivity contribution in [3.05, 3.63) is 192 Å². The summed E-state index contributed by atoms with van der Waals surface area (Å²) in [7, 11) is -4.74. The average Bonchev–Trinajstić information content (AvgIpc) is 1.40. The van der Waals surface area contributed by atoms with Crippen molar-refractivity contribution < 1.29 is 52.5 Å². The first-order valence-electron chi connectivity index (χ1n) is 28.7. The van der Waals surface area contributed by atoms with Gasteiger partial charge < -0.3 is 9.31 Å². The highest BCUT2D eigenvalue weighted by molar-refractivity contribution is 9.10. The van der Waals surface area contributed by atoms with E-state index in [1.807, 2.05) is 58.0 Å². The molecule has 1 saturated heterocycles. The number of aromatic nitrogens is 6. The number of nitrogens with one attached hydrogen (secondary N) is 2. The summed E-state index contributed by atoms with van der Waals surface area (Å²) in [6.07, 6.45) is 3.64. The molecular weight excluding hydrogens is 1430 g/mol. The summed E-state index contributed by atoms with van der Waals surface area (Å²) < 4.78 is 156. The molecule has 0 spiro atoms. The third-order valence-electron chi connectivity index (χ3n) is 16.4. The van der Waals surface area contributed by atoms with Crippen LogP contribution in [0.3, 0.4) is 0 Å². The van der Waals surface area contributed by atoms with Crippen LogP contribution in [0.2, 0.25) is 0 Å². The van der Waals surface area contributed by atoms with E-state index in [0.29, 0.717) is 64.6 Å². The van der Waals surface area contributed by atoms with Gasteiger partial charge in [-0.05, 0) is 159 Å². The quantitative estimate of drug-likeness (QED) is 0.0989. The second-order valence-corrected chi connectivity index (χ2v) is 29.6. The SMILES string of the molecule is Brc1cccc2c1CCCC2.Cl.Cn1nccc1-c1cc(C(F)(F)F)ccc1-c1cccc2c1CCN(S(=O)(=O)Nc1nccs1)C2.Cn1nccc1-c1cc(C(F)(F)F)ccc1B1OC(C)(C)C(C)(C)O1.O=S(=O)(Nc1nccs1)N1CCc2c(Br)cccc2C1. The van der Waals surface area contributed by atoms with Gasteiger partial charge in [0.2, 0.25) is 0 Å². The van der Waals surface area contributed by atoms with Crippen molar-refractivity contribution in [1.29, 1.82) is 0 Å². The number of aryl methyl sites for hydroxylation is 3. The van der Waals surface area contributed by atoms with Crippen molar-refractivity contribution in [2.45, 2.75) is 103 Å². The number of anilines is 2. The van der Waals surface area contributed by atoms with Gasteiger partial charge in [0.1, 0.15) is 0 Å². The van der Waals surface area contributed by atoms with Gasteiger partial charge in [0.15, 0.2) is 10.3 Å². The molecule has 1 fully saturated rings. The molecule has 488 valence electrons. The number of halogens is 9. The first-order chi connectivity index (χ1) is 43.0. The fraction of sp³-hybridized carbons (Fsp3) is 0.323. The van der Waals surface area contributed by atoms with Gasteiger partial charge >= 0.3 is 39.9 Å². The number of fused-ring (bicyclic) bond motifs is 3. The largest absolute Gasteiger partial charge is 0.495 e. The van der Waals surface area contributed by atoms with Crippen LogP contribution in [-0.4, -0.2) is 86.4 Å². The fourth-order valence-electron chi connectivity index (χ4n) is 11.0. The molecule has 4 aliphatic rings. The molecule has 92 heavy (non-hydrogen) atoms. The summed E-state index contributed by atoms with van der Waals surface area (Å²) in [6.45, 7) is 8.84. The Balaban J connectivity index is 0.000000154. The Morgan fingerprint density at radius 1 is 0.543 bits per heavy atom. The van der Waals surface area contributed by atoms with Crippen LogP contribution in [0, 0.1) is 0 Å². The third-order valence-corrected chi connectivity index (χ3v) is 22.4. The van der Waals surface area contributed by atoms with Gasteiger partial charge in [0.05, 0.1) is 33.7 Å². The van der Waals surface area contributed by atoms with Crippen LogP contribution in [0.15, 0.2) is 148 Å². The van der Waals surface area contributed by atoms with Gasteiger partial charge in [-0.25, -0.2) is 19.4 Å². The molecule has 1 aliphatic carbocycles. The van der Waals surface area contributed by atoms with E-state index in [0.717, 1.165) is 51.0 Å². The Labute approximate surface area is 562 Å². The number of alkyl halides is 6. The predicted molar refractivity (Wildman–Crippen MR) is 358 cm³/mol. The molecule has 7 heterocycles. The van der Waals surface area contributed by atoms with Crippen molar-refractivity contribution in [3.63, 3.8) is 0 Å². The fourth-order valence-corrected chi connectivity index (χ4v) is 16.0. The van der Waals surface area contributed by atoms with E-state index in [1.165, 1.54) is 101 Å².